The Kier molecular flexibility index (Phi) is 49.7. The number of benzene rings is 1. The van der Waals surface area contributed by atoms with Crippen LogP contribution in [-0.4, -0.2) is 185 Å². The number of nitrogens with zero attached hydrogens (tertiary/aromatic N) is 7. The van der Waals surface area contributed by atoms with Crippen molar-refractivity contribution in [3.63, 3.8) is 0 Å². The molecule has 0 spiro atoms. The van der Waals surface area contributed by atoms with Crippen LogP contribution < -0.4 is 11.5 Å². The van der Waals surface area contributed by atoms with Crippen LogP contribution >= 0.6 is 15.9 Å². The standard InChI is InChI=1S/C75H130BrN9O8/c1-6-10-14-18-22-26-30-37-49-79(58-68(78)86)70(88)59-80(50-38-31-27-23-19-15-11-7-2)71(89)60-81(51-39-32-28-24-20-16-12-8-3)72(90)61-82(52-40-33-29-25-21-17-13-9-4)73(91)62-84(54-47-67-45-41-42-65(5)56-67)74(92)63-83(53-46-66-43-35-34-36-44-66)75(93)64-85(55-48-77)69(87)57-76/h34-36,41-45,65H,6-33,37-40,46-64,77H2,1-5H3,(H2,78,86). The zero-order chi connectivity index (χ0) is 68.1. The summed E-state index contributed by atoms with van der Waals surface area (Å²) in [6.45, 7) is 10.8. The van der Waals surface area contributed by atoms with Gasteiger partial charge in [-0.3, -0.25) is 38.4 Å². The van der Waals surface area contributed by atoms with Crippen molar-refractivity contribution in [2.75, 3.05) is 104 Å². The smallest absolute Gasteiger partial charge is 0.242 e. The van der Waals surface area contributed by atoms with Crippen LogP contribution in [0.25, 0.3) is 0 Å². The number of amides is 8. The Morgan fingerprint density at radius 3 is 0.978 bits per heavy atom. The number of rotatable bonds is 59. The molecule has 0 radical (unpaired) electrons. The maximum atomic E-state index is 15.3. The van der Waals surface area contributed by atoms with E-state index in [4.69, 9.17) is 11.5 Å². The minimum absolute atomic E-state index is 0.00478. The van der Waals surface area contributed by atoms with E-state index in [1.54, 1.807) is 14.7 Å². The molecular formula is C75H130BrN9O8. The van der Waals surface area contributed by atoms with Crippen molar-refractivity contribution < 1.29 is 38.4 Å². The monoisotopic (exact) mass is 1360 g/mol. The van der Waals surface area contributed by atoms with Gasteiger partial charge in [-0.15, -0.1) is 0 Å². The molecule has 1 aromatic carbocycles. The van der Waals surface area contributed by atoms with Crippen LogP contribution in [0.15, 0.2) is 54.1 Å². The van der Waals surface area contributed by atoms with Crippen LogP contribution in [0.1, 0.15) is 258 Å². The highest BCUT2D eigenvalue weighted by Gasteiger charge is 2.31. The van der Waals surface area contributed by atoms with E-state index in [9.17, 15) is 19.2 Å². The van der Waals surface area contributed by atoms with Gasteiger partial charge in [-0.25, -0.2) is 0 Å². The summed E-state index contributed by atoms with van der Waals surface area (Å²) < 4.78 is 0. The highest BCUT2D eigenvalue weighted by atomic mass is 79.9. The van der Waals surface area contributed by atoms with Crippen LogP contribution in [0.5, 0.6) is 0 Å². The van der Waals surface area contributed by atoms with Crippen molar-refractivity contribution in [2.24, 2.45) is 17.4 Å². The van der Waals surface area contributed by atoms with Gasteiger partial charge >= 0.3 is 0 Å². The van der Waals surface area contributed by atoms with Gasteiger partial charge in [0.05, 0.1) is 51.1 Å². The Bertz CT molecular complexity index is 2270. The lowest BCUT2D eigenvalue weighted by Gasteiger charge is -2.33. The molecule has 0 saturated carbocycles. The van der Waals surface area contributed by atoms with Gasteiger partial charge < -0.3 is 45.8 Å². The molecule has 18 heteroatoms. The fourth-order valence-corrected chi connectivity index (χ4v) is 12.5. The fourth-order valence-electron chi connectivity index (χ4n) is 12.1. The molecule has 17 nitrogen and oxygen atoms in total. The third-order valence-corrected chi connectivity index (χ3v) is 18.5. The summed E-state index contributed by atoms with van der Waals surface area (Å²) >= 11 is 3.24. The Balaban J connectivity index is 2.65. The quantitative estimate of drug-likeness (QED) is 0.0468. The van der Waals surface area contributed by atoms with Crippen LogP contribution in [0.3, 0.4) is 0 Å². The molecule has 2 rings (SSSR count). The van der Waals surface area contributed by atoms with Crippen molar-refractivity contribution >= 4 is 63.2 Å². The third kappa shape index (κ3) is 40.8. The molecular weight excluding hydrogens is 1230 g/mol. The average Bonchev–Trinajstić information content (AvgIpc) is 1.97. The molecule has 1 unspecified atom stereocenters. The number of halogens is 1. The number of carbonyl (C=O) groups excluding carboxylic acids is 8. The Labute approximate surface area is 572 Å². The molecule has 0 heterocycles. The zero-order valence-corrected chi connectivity index (χ0v) is 60.8. The molecule has 0 fully saturated rings. The Morgan fingerprint density at radius 2 is 0.677 bits per heavy atom. The molecule has 1 aliphatic carbocycles. The van der Waals surface area contributed by atoms with E-state index in [2.05, 4.69) is 62.7 Å². The summed E-state index contributed by atoms with van der Waals surface area (Å²) in [5.74, 6) is -2.96. The van der Waals surface area contributed by atoms with Crippen molar-refractivity contribution in [2.45, 2.75) is 259 Å². The second-order valence-electron chi connectivity index (χ2n) is 26.4. The number of alkyl halides is 1. The summed E-state index contributed by atoms with van der Waals surface area (Å²) in [5, 5.41) is 0.00478. The topological polar surface area (TPSA) is 211 Å². The lowest BCUT2D eigenvalue weighted by Crippen LogP contribution is -2.52. The predicted molar refractivity (Wildman–Crippen MR) is 384 cm³/mol. The lowest BCUT2D eigenvalue weighted by atomic mass is 9.94. The molecule has 1 aromatic rings. The van der Waals surface area contributed by atoms with E-state index >= 15 is 19.2 Å². The lowest BCUT2D eigenvalue weighted by molar-refractivity contribution is -0.148. The first-order chi connectivity index (χ1) is 45.1. The normalized spacial score (nSPS) is 12.7. The second-order valence-corrected chi connectivity index (χ2v) is 26.9. The van der Waals surface area contributed by atoms with Crippen molar-refractivity contribution in [3.8, 4) is 0 Å². The summed E-state index contributed by atoms with van der Waals surface area (Å²) in [5.41, 5.74) is 13.8. The summed E-state index contributed by atoms with van der Waals surface area (Å²) in [6, 6.07) is 9.68. The molecule has 93 heavy (non-hydrogen) atoms. The largest absolute Gasteiger partial charge is 0.368 e. The summed E-state index contributed by atoms with van der Waals surface area (Å²) in [6.07, 6.45) is 41.3. The van der Waals surface area contributed by atoms with Gasteiger partial charge in [0, 0.05) is 52.4 Å². The minimum atomic E-state index is -0.612. The Hall–Kier alpha value is -5.10. The molecule has 0 bridgehead atoms. The van der Waals surface area contributed by atoms with Crippen LogP contribution in [0, 0.1) is 5.92 Å². The molecule has 0 aromatic heterocycles. The number of hydrogen-bond donors (Lipinski definition) is 2. The van der Waals surface area contributed by atoms with Crippen LogP contribution in [0.4, 0.5) is 0 Å². The van der Waals surface area contributed by atoms with Gasteiger partial charge in [0.25, 0.3) is 0 Å². The van der Waals surface area contributed by atoms with Gasteiger partial charge in [0.2, 0.25) is 47.3 Å². The molecule has 1 atom stereocenters. The molecule has 8 amide bonds. The van der Waals surface area contributed by atoms with Gasteiger partial charge in [0.1, 0.15) is 0 Å². The zero-order valence-electron chi connectivity index (χ0n) is 59.2. The van der Waals surface area contributed by atoms with Gasteiger partial charge in [0.15, 0.2) is 0 Å². The van der Waals surface area contributed by atoms with Gasteiger partial charge in [-0.1, -0.05) is 284 Å². The van der Waals surface area contributed by atoms with Crippen molar-refractivity contribution in [3.05, 3.63) is 59.7 Å². The molecule has 0 saturated heterocycles. The number of allylic oxidation sites excluding steroid dienone is 3. The number of primary amides is 1. The first-order valence-corrected chi connectivity index (χ1v) is 38.1. The van der Waals surface area contributed by atoms with Gasteiger partial charge in [-0.2, -0.15) is 0 Å². The first kappa shape index (κ1) is 84.0. The highest BCUT2D eigenvalue weighted by Crippen LogP contribution is 2.22. The maximum Gasteiger partial charge on any atom is 0.242 e. The van der Waals surface area contributed by atoms with Crippen molar-refractivity contribution in [1.82, 2.24) is 34.3 Å². The SMILES string of the molecule is CCCCCCCCCCN(CC(N)=O)C(=O)CN(CCCCCCCCCC)C(=O)CN(CCCCCCCCCC)C(=O)CN(CCCCCCCCCC)C(=O)CN(CCC1=CC=CC(C)C1)C(=O)CN(CCc1ccccc1)C(=O)CN(CCN)C(=O)CBr. The highest BCUT2D eigenvalue weighted by molar-refractivity contribution is 9.09. The number of unbranched alkanes of at least 4 members (excludes halogenated alkanes) is 28. The first-order valence-electron chi connectivity index (χ1n) is 37.0. The predicted octanol–water partition coefficient (Wildman–Crippen LogP) is 13.3. The van der Waals surface area contributed by atoms with E-state index < -0.39 is 23.6 Å². The second kappa shape index (κ2) is 55.1. The summed E-state index contributed by atoms with van der Waals surface area (Å²) in [4.78, 5) is 125. The van der Waals surface area contributed by atoms with E-state index in [1.807, 2.05) is 36.4 Å². The molecule has 4 N–H and O–H groups in total. The number of carbonyl (C=O) groups is 8. The van der Waals surface area contributed by atoms with E-state index in [1.165, 1.54) is 90.2 Å². The maximum absolute atomic E-state index is 15.3. The van der Waals surface area contributed by atoms with E-state index in [-0.39, 0.29) is 114 Å². The van der Waals surface area contributed by atoms with Crippen LogP contribution in [0.2, 0.25) is 0 Å². The Morgan fingerprint density at radius 1 is 0.387 bits per heavy atom. The fraction of sp³-hybridized carbons (Fsp3) is 0.760. The van der Waals surface area contributed by atoms with Crippen molar-refractivity contribution in [1.29, 1.82) is 0 Å². The average molecular weight is 1370 g/mol. The van der Waals surface area contributed by atoms with Crippen LogP contribution in [-0.2, 0) is 44.8 Å². The minimum Gasteiger partial charge on any atom is -0.368 e. The number of nitrogens with two attached hydrogens (primary N) is 2. The molecule has 1 aliphatic rings. The third-order valence-electron chi connectivity index (χ3n) is 18.0. The van der Waals surface area contributed by atoms with Gasteiger partial charge in [-0.05, 0) is 56.4 Å². The molecule has 0 aliphatic heterocycles. The van der Waals surface area contributed by atoms with E-state index in [0.717, 1.165) is 133 Å². The number of hydrogen-bond acceptors (Lipinski definition) is 9. The van der Waals surface area contributed by atoms with E-state index in [0.29, 0.717) is 51.1 Å². The summed E-state index contributed by atoms with van der Waals surface area (Å²) in [7, 11) is 0. The molecule has 530 valence electrons.